The van der Waals surface area contributed by atoms with E-state index in [4.69, 9.17) is 10.1 Å². The molecule has 110 valence electrons. The molecule has 0 bridgehead atoms. The summed E-state index contributed by atoms with van der Waals surface area (Å²) in [6, 6.07) is 3.21. The Hall–Kier alpha value is -1.99. The van der Waals surface area contributed by atoms with Crippen LogP contribution < -0.4 is 15.4 Å². The molecule has 1 aromatic carbocycles. The number of ether oxygens (including phenoxy) is 1. The van der Waals surface area contributed by atoms with Gasteiger partial charge in [-0.15, -0.1) is 0 Å². The first-order valence-electron chi connectivity index (χ1n) is 5.90. The van der Waals surface area contributed by atoms with Crippen LogP contribution in [0, 0.1) is 5.41 Å². The van der Waals surface area contributed by atoms with Crippen LogP contribution in [0.4, 0.5) is 17.6 Å². The van der Waals surface area contributed by atoms with E-state index in [1.165, 1.54) is 12.1 Å². The number of nitrogens with one attached hydrogen (secondary N) is 3. The zero-order valence-corrected chi connectivity index (χ0v) is 10.4. The molecule has 0 aliphatic carbocycles. The fourth-order valence-electron chi connectivity index (χ4n) is 1.94. The van der Waals surface area contributed by atoms with Crippen LogP contribution in [0.3, 0.4) is 0 Å². The number of halogens is 4. The van der Waals surface area contributed by atoms with Gasteiger partial charge in [0, 0.05) is 6.54 Å². The second kappa shape index (κ2) is 5.56. The molecule has 3 N–H and O–H groups in total. The van der Waals surface area contributed by atoms with Crippen molar-refractivity contribution in [3.8, 4) is 5.75 Å². The smallest absolute Gasteiger partial charge is 0.419 e. The Morgan fingerprint density at radius 3 is 2.65 bits per heavy atom. The fourth-order valence-corrected chi connectivity index (χ4v) is 1.94. The van der Waals surface area contributed by atoms with Gasteiger partial charge in [-0.1, -0.05) is 6.07 Å². The highest BCUT2D eigenvalue weighted by atomic mass is 19.4. The maximum Gasteiger partial charge on any atom is 0.419 e. The third-order valence-corrected chi connectivity index (χ3v) is 2.85. The van der Waals surface area contributed by atoms with Gasteiger partial charge in [-0.3, -0.25) is 5.41 Å². The average molecular weight is 291 g/mol. The molecule has 0 amide bonds. The molecule has 1 aromatic rings. The molecule has 2 rings (SSSR count). The maximum atomic E-state index is 13.0. The standard InChI is InChI=1S/C12H13F4N3O/c13-3-4-20-10-2-1-7(5-8(10)12(14,15)16)9-6-18-11(17)19-9/h1-2,5,9H,3-4,6H2,(H3,17,18,19). The van der Waals surface area contributed by atoms with E-state index in [1.54, 1.807) is 0 Å². The maximum absolute atomic E-state index is 13.0. The number of guanidine groups is 1. The van der Waals surface area contributed by atoms with E-state index in [0.717, 1.165) is 6.07 Å². The normalized spacial score (nSPS) is 18.6. The van der Waals surface area contributed by atoms with Crippen LogP contribution >= 0.6 is 0 Å². The van der Waals surface area contributed by atoms with Crippen molar-refractivity contribution in [3.05, 3.63) is 29.3 Å². The summed E-state index contributed by atoms with van der Waals surface area (Å²) in [6.07, 6.45) is -4.58. The minimum Gasteiger partial charge on any atom is -0.490 e. The Morgan fingerprint density at radius 1 is 1.35 bits per heavy atom. The van der Waals surface area contributed by atoms with Crippen molar-refractivity contribution in [3.63, 3.8) is 0 Å². The summed E-state index contributed by atoms with van der Waals surface area (Å²) >= 11 is 0. The van der Waals surface area contributed by atoms with Crippen molar-refractivity contribution in [2.45, 2.75) is 12.2 Å². The van der Waals surface area contributed by atoms with Gasteiger partial charge in [-0.25, -0.2) is 4.39 Å². The van der Waals surface area contributed by atoms with Crippen LogP contribution in [0.15, 0.2) is 18.2 Å². The van der Waals surface area contributed by atoms with Gasteiger partial charge >= 0.3 is 6.18 Å². The molecule has 1 aliphatic heterocycles. The lowest BCUT2D eigenvalue weighted by atomic mass is 10.0. The lowest BCUT2D eigenvalue weighted by molar-refractivity contribution is -0.139. The van der Waals surface area contributed by atoms with Crippen molar-refractivity contribution in [2.75, 3.05) is 19.8 Å². The quantitative estimate of drug-likeness (QED) is 0.746. The molecule has 1 heterocycles. The van der Waals surface area contributed by atoms with Gasteiger partial charge in [0.1, 0.15) is 19.0 Å². The molecular weight excluding hydrogens is 278 g/mol. The van der Waals surface area contributed by atoms with E-state index in [1.807, 2.05) is 0 Å². The van der Waals surface area contributed by atoms with Gasteiger partial charge in [0.05, 0.1) is 11.6 Å². The zero-order chi connectivity index (χ0) is 14.8. The molecular formula is C12H13F4N3O. The average Bonchev–Trinajstić information content (AvgIpc) is 2.82. The molecule has 4 nitrogen and oxygen atoms in total. The highest BCUT2D eigenvalue weighted by Gasteiger charge is 2.35. The van der Waals surface area contributed by atoms with Crippen LogP contribution in [0.2, 0.25) is 0 Å². The molecule has 0 saturated carbocycles. The van der Waals surface area contributed by atoms with E-state index in [0.29, 0.717) is 12.1 Å². The first-order valence-corrected chi connectivity index (χ1v) is 5.90. The molecule has 0 aromatic heterocycles. The summed E-state index contributed by atoms with van der Waals surface area (Å²) < 4.78 is 55.7. The van der Waals surface area contributed by atoms with Crippen molar-refractivity contribution in [1.82, 2.24) is 10.6 Å². The van der Waals surface area contributed by atoms with Crippen molar-refractivity contribution >= 4 is 5.96 Å². The van der Waals surface area contributed by atoms with E-state index in [9.17, 15) is 17.6 Å². The predicted octanol–water partition coefficient (Wildman–Crippen LogP) is 2.22. The number of rotatable bonds is 4. The number of hydrogen-bond acceptors (Lipinski definition) is 2. The first kappa shape index (κ1) is 14.4. The van der Waals surface area contributed by atoms with Crippen LogP contribution in [-0.4, -0.2) is 25.8 Å². The van der Waals surface area contributed by atoms with E-state index < -0.39 is 31.1 Å². The highest BCUT2D eigenvalue weighted by Crippen LogP contribution is 2.38. The third-order valence-electron chi connectivity index (χ3n) is 2.85. The van der Waals surface area contributed by atoms with Crippen LogP contribution in [0.1, 0.15) is 17.2 Å². The van der Waals surface area contributed by atoms with E-state index >= 15 is 0 Å². The Morgan fingerprint density at radius 2 is 2.10 bits per heavy atom. The second-order valence-electron chi connectivity index (χ2n) is 4.24. The lowest BCUT2D eigenvalue weighted by Crippen LogP contribution is -2.23. The summed E-state index contributed by atoms with van der Waals surface area (Å²) in [4.78, 5) is 0. The number of hydrogen-bond donors (Lipinski definition) is 3. The number of benzene rings is 1. The third kappa shape index (κ3) is 3.12. The molecule has 0 spiro atoms. The summed E-state index contributed by atoms with van der Waals surface area (Å²) in [5.41, 5.74) is -0.552. The fraction of sp³-hybridized carbons (Fsp3) is 0.417. The Kier molecular flexibility index (Phi) is 4.01. The summed E-state index contributed by atoms with van der Waals surface area (Å²) in [5, 5.41) is 12.7. The Balaban J connectivity index is 2.30. The minimum atomic E-state index is -4.58. The van der Waals surface area contributed by atoms with Gasteiger partial charge in [0.25, 0.3) is 0 Å². The summed E-state index contributed by atoms with van der Waals surface area (Å²) in [5.74, 6) is -0.318. The molecule has 1 fully saturated rings. The van der Waals surface area contributed by atoms with Crippen LogP contribution in [-0.2, 0) is 6.18 Å². The van der Waals surface area contributed by atoms with Gasteiger partial charge in [0.15, 0.2) is 5.96 Å². The molecule has 1 unspecified atom stereocenters. The molecule has 8 heteroatoms. The number of alkyl halides is 4. The zero-order valence-electron chi connectivity index (χ0n) is 10.4. The molecule has 1 atom stereocenters. The highest BCUT2D eigenvalue weighted by molar-refractivity contribution is 5.79. The topological polar surface area (TPSA) is 57.1 Å². The second-order valence-corrected chi connectivity index (χ2v) is 4.24. The molecule has 20 heavy (non-hydrogen) atoms. The monoisotopic (exact) mass is 291 g/mol. The van der Waals surface area contributed by atoms with E-state index in [-0.39, 0.29) is 11.7 Å². The van der Waals surface area contributed by atoms with Crippen molar-refractivity contribution < 1.29 is 22.3 Å². The summed E-state index contributed by atoms with van der Waals surface area (Å²) in [6.45, 7) is -0.943. The summed E-state index contributed by atoms with van der Waals surface area (Å²) in [7, 11) is 0. The molecule has 0 radical (unpaired) electrons. The van der Waals surface area contributed by atoms with Gasteiger partial charge in [0.2, 0.25) is 0 Å². The largest absolute Gasteiger partial charge is 0.490 e. The van der Waals surface area contributed by atoms with Crippen LogP contribution in [0.5, 0.6) is 5.75 Å². The van der Waals surface area contributed by atoms with Crippen LogP contribution in [0.25, 0.3) is 0 Å². The lowest BCUT2D eigenvalue weighted by Gasteiger charge is -2.17. The van der Waals surface area contributed by atoms with Gasteiger partial charge in [-0.05, 0) is 17.7 Å². The minimum absolute atomic E-state index is 0.0707. The van der Waals surface area contributed by atoms with Crippen molar-refractivity contribution in [2.24, 2.45) is 0 Å². The predicted molar refractivity (Wildman–Crippen MR) is 64.5 cm³/mol. The molecule has 1 aliphatic rings. The Bertz CT molecular complexity index is 504. The Labute approximate surface area is 112 Å². The molecule has 1 saturated heterocycles. The van der Waals surface area contributed by atoms with Gasteiger partial charge < -0.3 is 15.4 Å². The SMILES string of the molecule is N=C1NCC(c2ccc(OCCF)c(C(F)(F)F)c2)N1. The van der Waals surface area contributed by atoms with Gasteiger partial charge in [-0.2, -0.15) is 13.2 Å². The first-order chi connectivity index (χ1) is 9.41. The van der Waals surface area contributed by atoms with E-state index in [2.05, 4.69) is 10.6 Å². The van der Waals surface area contributed by atoms with Crippen molar-refractivity contribution in [1.29, 1.82) is 5.41 Å².